The van der Waals surface area contributed by atoms with Gasteiger partial charge in [-0.05, 0) is 43.4 Å². The van der Waals surface area contributed by atoms with Gasteiger partial charge in [0, 0.05) is 25.3 Å². The number of aliphatic hydroxyl groups is 1. The summed E-state index contributed by atoms with van der Waals surface area (Å²) in [6.45, 7) is 0.404. The van der Waals surface area contributed by atoms with E-state index in [2.05, 4.69) is 5.32 Å². The first-order valence-electron chi connectivity index (χ1n) is 8.15. The predicted octanol–water partition coefficient (Wildman–Crippen LogP) is -0.615. The van der Waals surface area contributed by atoms with Gasteiger partial charge in [0.25, 0.3) is 5.91 Å². The molecule has 0 saturated carbocycles. The molecule has 0 radical (unpaired) electrons. The molecule has 3 amide bonds. The second-order valence-corrected chi connectivity index (χ2v) is 5.90. The highest BCUT2D eigenvalue weighted by atomic mass is 16.3. The highest BCUT2D eigenvalue weighted by Gasteiger charge is 2.41. The third-order valence-corrected chi connectivity index (χ3v) is 4.24. The minimum Gasteiger partial charge on any atom is -0.396 e. The molecular weight excluding hydrogens is 324 g/mol. The fourth-order valence-electron chi connectivity index (χ4n) is 2.56. The number of nitrogens with two attached hydrogens (primary N) is 3. The summed E-state index contributed by atoms with van der Waals surface area (Å²) in [5, 5.41) is 11.5. The molecule has 1 aromatic rings. The van der Waals surface area contributed by atoms with E-state index in [0.29, 0.717) is 24.9 Å². The fourth-order valence-corrected chi connectivity index (χ4v) is 2.56. The van der Waals surface area contributed by atoms with Crippen LogP contribution < -0.4 is 22.5 Å². The van der Waals surface area contributed by atoms with E-state index in [1.807, 2.05) is 0 Å². The van der Waals surface area contributed by atoms with Crippen molar-refractivity contribution < 1.29 is 19.5 Å². The van der Waals surface area contributed by atoms with Crippen LogP contribution in [0.4, 0.5) is 0 Å². The molecule has 0 bridgehead atoms. The zero-order chi connectivity index (χ0) is 18.9. The van der Waals surface area contributed by atoms with E-state index in [4.69, 9.17) is 22.3 Å². The molecule has 8 heteroatoms. The molecule has 25 heavy (non-hydrogen) atoms. The van der Waals surface area contributed by atoms with Crippen LogP contribution >= 0.6 is 0 Å². The molecule has 0 aromatic heterocycles. The molecule has 0 heterocycles. The first-order chi connectivity index (χ1) is 11.9. The molecule has 0 atom stereocenters. The van der Waals surface area contributed by atoms with Crippen molar-refractivity contribution >= 4 is 17.7 Å². The molecule has 0 saturated heterocycles. The summed E-state index contributed by atoms with van der Waals surface area (Å²) in [5.74, 6) is -1.97. The third kappa shape index (κ3) is 5.54. The quantitative estimate of drug-likeness (QED) is 0.265. The first kappa shape index (κ1) is 20.6. The van der Waals surface area contributed by atoms with Crippen molar-refractivity contribution in [1.29, 1.82) is 0 Å². The molecule has 8 N–H and O–H groups in total. The summed E-state index contributed by atoms with van der Waals surface area (Å²) in [6, 6.07) is 6.80. The van der Waals surface area contributed by atoms with Gasteiger partial charge in [0.15, 0.2) is 0 Å². The van der Waals surface area contributed by atoms with Gasteiger partial charge in [-0.3, -0.25) is 14.4 Å². The number of benzene rings is 1. The summed E-state index contributed by atoms with van der Waals surface area (Å²) in [6.07, 6.45) is 1.01. The number of carbonyl (C=O) groups is 3. The van der Waals surface area contributed by atoms with E-state index in [1.165, 1.54) is 0 Å². The van der Waals surface area contributed by atoms with Crippen molar-refractivity contribution in [3.8, 4) is 0 Å². The Morgan fingerprint density at radius 1 is 1.00 bits per heavy atom. The van der Waals surface area contributed by atoms with Gasteiger partial charge in [0.1, 0.15) is 5.41 Å². The van der Waals surface area contributed by atoms with E-state index in [9.17, 15) is 14.4 Å². The normalized spacial score (nSPS) is 11.1. The minimum absolute atomic E-state index is 0.00964. The minimum atomic E-state index is -1.54. The highest BCUT2D eigenvalue weighted by Crippen LogP contribution is 2.28. The Labute approximate surface area is 146 Å². The van der Waals surface area contributed by atoms with Crippen molar-refractivity contribution in [2.75, 3.05) is 13.2 Å². The Hall–Kier alpha value is -2.45. The van der Waals surface area contributed by atoms with E-state index in [-0.39, 0.29) is 31.9 Å². The molecule has 0 aliphatic heterocycles. The van der Waals surface area contributed by atoms with Crippen molar-refractivity contribution in [1.82, 2.24) is 5.32 Å². The summed E-state index contributed by atoms with van der Waals surface area (Å²) in [5.41, 5.74) is 16.1. The van der Waals surface area contributed by atoms with Gasteiger partial charge >= 0.3 is 0 Å². The van der Waals surface area contributed by atoms with Gasteiger partial charge in [-0.1, -0.05) is 12.1 Å². The van der Waals surface area contributed by atoms with Crippen molar-refractivity contribution in [2.24, 2.45) is 22.6 Å². The van der Waals surface area contributed by atoms with Gasteiger partial charge < -0.3 is 27.6 Å². The number of carbonyl (C=O) groups excluding carboxylic acids is 3. The molecule has 0 unspecified atom stereocenters. The number of aliphatic hydroxyl groups excluding tert-OH is 1. The Morgan fingerprint density at radius 3 is 2.08 bits per heavy atom. The van der Waals surface area contributed by atoms with Crippen LogP contribution in [0.5, 0.6) is 0 Å². The zero-order valence-corrected chi connectivity index (χ0v) is 14.2. The second-order valence-electron chi connectivity index (χ2n) is 5.90. The van der Waals surface area contributed by atoms with Gasteiger partial charge in [-0.2, -0.15) is 0 Å². The molecule has 138 valence electrons. The molecule has 0 fully saturated rings. The maximum atomic E-state index is 12.1. The average Bonchev–Trinajstić information content (AvgIpc) is 2.59. The van der Waals surface area contributed by atoms with E-state index in [1.54, 1.807) is 24.3 Å². The van der Waals surface area contributed by atoms with Crippen LogP contribution in [0.1, 0.15) is 41.6 Å². The van der Waals surface area contributed by atoms with Gasteiger partial charge in [-0.15, -0.1) is 0 Å². The number of primary amides is 2. The number of hydrogen-bond donors (Lipinski definition) is 5. The Kier molecular flexibility index (Phi) is 8.03. The SMILES string of the molecule is NCc1ccc(C(=O)NCCC(CCCCO)(C(N)=O)C(N)=O)cc1. The molecule has 1 rings (SSSR count). The molecular formula is C17H26N4O4. The van der Waals surface area contributed by atoms with Crippen LogP contribution in [0.2, 0.25) is 0 Å². The molecule has 0 aliphatic rings. The first-order valence-corrected chi connectivity index (χ1v) is 8.15. The van der Waals surface area contributed by atoms with Crippen LogP contribution in [0, 0.1) is 5.41 Å². The van der Waals surface area contributed by atoms with Gasteiger partial charge in [0.05, 0.1) is 0 Å². The molecule has 1 aromatic carbocycles. The number of unbranched alkanes of at least 4 members (excludes halogenated alkanes) is 1. The standard InChI is InChI=1S/C17H26N4O4/c18-11-12-3-5-13(6-4-12)14(23)21-9-8-17(15(19)24,16(20)25)7-1-2-10-22/h3-6,22H,1-2,7-11,18H2,(H2,19,24)(H2,20,25)(H,21,23). The number of amides is 3. The van der Waals surface area contributed by atoms with Crippen LogP contribution in [0.25, 0.3) is 0 Å². The van der Waals surface area contributed by atoms with Crippen LogP contribution in [0.3, 0.4) is 0 Å². The van der Waals surface area contributed by atoms with E-state index < -0.39 is 17.2 Å². The molecule has 0 spiro atoms. The number of hydrogen-bond acceptors (Lipinski definition) is 5. The van der Waals surface area contributed by atoms with Crippen molar-refractivity contribution in [3.05, 3.63) is 35.4 Å². The Morgan fingerprint density at radius 2 is 1.60 bits per heavy atom. The number of rotatable bonds is 11. The average molecular weight is 350 g/mol. The van der Waals surface area contributed by atoms with Crippen molar-refractivity contribution in [3.63, 3.8) is 0 Å². The van der Waals surface area contributed by atoms with Crippen LogP contribution in [0.15, 0.2) is 24.3 Å². The maximum Gasteiger partial charge on any atom is 0.251 e. The van der Waals surface area contributed by atoms with Gasteiger partial charge in [0.2, 0.25) is 11.8 Å². The summed E-state index contributed by atoms with van der Waals surface area (Å²) in [4.78, 5) is 35.7. The topological polar surface area (TPSA) is 162 Å². The lowest BCUT2D eigenvalue weighted by molar-refractivity contribution is -0.140. The summed E-state index contributed by atoms with van der Waals surface area (Å²) in [7, 11) is 0. The number of nitrogens with one attached hydrogen (secondary N) is 1. The highest BCUT2D eigenvalue weighted by molar-refractivity contribution is 6.03. The van der Waals surface area contributed by atoms with Crippen LogP contribution in [-0.4, -0.2) is 36.0 Å². The third-order valence-electron chi connectivity index (χ3n) is 4.24. The summed E-state index contributed by atoms with van der Waals surface area (Å²) < 4.78 is 0. The lowest BCUT2D eigenvalue weighted by Crippen LogP contribution is -2.49. The fraction of sp³-hybridized carbons (Fsp3) is 0.471. The molecule has 8 nitrogen and oxygen atoms in total. The monoisotopic (exact) mass is 350 g/mol. The summed E-state index contributed by atoms with van der Waals surface area (Å²) >= 11 is 0. The van der Waals surface area contributed by atoms with Gasteiger partial charge in [-0.25, -0.2) is 0 Å². The van der Waals surface area contributed by atoms with Crippen molar-refractivity contribution in [2.45, 2.75) is 32.2 Å². The zero-order valence-electron chi connectivity index (χ0n) is 14.2. The van der Waals surface area contributed by atoms with Crippen LogP contribution in [-0.2, 0) is 16.1 Å². The van der Waals surface area contributed by atoms with E-state index >= 15 is 0 Å². The Balaban J connectivity index is 2.70. The smallest absolute Gasteiger partial charge is 0.251 e. The predicted molar refractivity (Wildman–Crippen MR) is 93.0 cm³/mol. The Bertz CT molecular complexity index is 587. The molecule has 0 aliphatic carbocycles. The largest absolute Gasteiger partial charge is 0.396 e. The lowest BCUT2D eigenvalue weighted by Gasteiger charge is -2.27. The lowest BCUT2D eigenvalue weighted by atomic mass is 9.78. The van der Waals surface area contributed by atoms with E-state index in [0.717, 1.165) is 5.56 Å². The maximum absolute atomic E-state index is 12.1. The second kappa shape index (κ2) is 9.75.